The van der Waals surface area contributed by atoms with E-state index in [1.165, 1.54) is 47.7 Å². The molecule has 2 nitrogen and oxygen atoms in total. The summed E-state index contributed by atoms with van der Waals surface area (Å²) in [4.78, 5) is 5.06. The normalized spacial score (nSPS) is 21.1. The second kappa shape index (κ2) is 8.60. The fourth-order valence-electron chi connectivity index (χ4n) is 5.41. The quantitative estimate of drug-likeness (QED) is 0.520. The molecule has 1 saturated carbocycles. The third-order valence-electron chi connectivity index (χ3n) is 7.63. The van der Waals surface area contributed by atoms with Gasteiger partial charge in [0.25, 0.3) is 0 Å². The lowest BCUT2D eigenvalue weighted by molar-refractivity contribution is 0.269. The maximum absolute atomic E-state index is 14.7. The Morgan fingerprint density at radius 2 is 1.71 bits per heavy atom. The average molecular weight is 439 g/mol. The van der Waals surface area contributed by atoms with E-state index < -0.39 is 0 Å². The summed E-state index contributed by atoms with van der Waals surface area (Å²) in [5.41, 5.74) is 6.71. The Kier molecular flexibility index (Phi) is 5.83. The van der Waals surface area contributed by atoms with E-state index in [2.05, 4.69) is 41.0 Å². The SMILES string of the molecule is CCc1ccc(N2CCN(CC3=C(c4ccc(Cl)cc4F)CCC4(CC4)C3)CC2)cc1. The molecule has 0 bridgehead atoms. The smallest absolute Gasteiger partial charge is 0.132 e. The lowest BCUT2D eigenvalue weighted by atomic mass is 9.78. The molecule has 2 aromatic rings. The zero-order chi connectivity index (χ0) is 21.4. The van der Waals surface area contributed by atoms with Gasteiger partial charge in [0, 0.05) is 49.0 Å². The molecule has 2 fully saturated rings. The minimum Gasteiger partial charge on any atom is -0.369 e. The van der Waals surface area contributed by atoms with Crippen LogP contribution in [-0.2, 0) is 6.42 Å². The first-order valence-electron chi connectivity index (χ1n) is 11.8. The van der Waals surface area contributed by atoms with Crippen molar-refractivity contribution in [3.05, 3.63) is 70.0 Å². The summed E-state index contributed by atoms with van der Waals surface area (Å²) in [7, 11) is 0. The van der Waals surface area contributed by atoms with Crippen molar-refractivity contribution in [1.82, 2.24) is 4.90 Å². The van der Waals surface area contributed by atoms with Gasteiger partial charge in [-0.15, -0.1) is 0 Å². The van der Waals surface area contributed by atoms with Crippen LogP contribution in [0.1, 0.15) is 50.2 Å². The molecule has 0 atom stereocenters. The van der Waals surface area contributed by atoms with Crippen molar-refractivity contribution in [2.45, 2.75) is 45.4 Å². The van der Waals surface area contributed by atoms with Crippen molar-refractivity contribution in [3.8, 4) is 0 Å². The molecule has 4 heteroatoms. The summed E-state index contributed by atoms with van der Waals surface area (Å²) in [5.74, 6) is -0.174. The number of halogens is 2. The van der Waals surface area contributed by atoms with Gasteiger partial charge >= 0.3 is 0 Å². The number of benzene rings is 2. The van der Waals surface area contributed by atoms with Gasteiger partial charge in [-0.3, -0.25) is 4.90 Å². The van der Waals surface area contributed by atoms with Gasteiger partial charge in [0.1, 0.15) is 5.82 Å². The number of hydrogen-bond donors (Lipinski definition) is 0. The molecule has 1 heterocycles. The maximum atomic E-state index is 14.7. The average Bonchev–Trinajstić information content (AvgIpc) is 3.54. The van der Waals surface area contributed by atoms with Gasteiger partial charge in [-0.05, 0) is 79.3 Å². The number of aryl methyl sites for hydroxylation is 1. The standard InChI is InChI=1S/C27H32ClFN2/c1-2-20-3-6-23(7-4-20)31-15-13-30(14-16-31)19-21-18-27(11-12-27)10-9-24(21)25-8-5-22(28)17-26(25)29/h3-8,17H,2,9-16,18-19H2,1H3. The van der Waals surface area contributed by atoms with Gasteiger partial charge < -0.3 is 4.90 Å². The van der Waals surface area contributed by atoms with Gasteiger partial charge in [-0.2, -0.15) is 0 Å². The summed E-state index contributed by atoms with van der Waals surface area (Å²) < 4.78 is 14.7. The van der Waals surface area contributed by atoms with Crippen molar-refractivity contribution in [1.29, 1.82) is 0 Å². The Hall–Kier alpha value is -1.84. The van der Waals surface area contributed by atoms with Crippen LogP contribution in [0.2, 0.25) is 5.02 Å². The zero-order valence-electron chi connectivity index (χ0n) is 18.5. The monoisotopic (exact) mass is 438 g/mol. The van der Waals surface area contributed by atoms with Crippen LogP contribution in [-0.4, -0.2) is 37.6 Å². The molecule has 0 amide bonds. The Bertz CT molecular complexity index is 969. The molecule has 2 aromatic carbocycles. The van der Waals surface area contributed by atoms with Crippen LogP contribution in [0.15, 0.2) is 48.0 Å². The van der Waals surface area contributed by atoms with E-state index in [-0.39, 0.29) is 5.82 Å². The summed E-state index contributed by atoms with van der Waals surface area (Å²) in [6, 6.07) is 14.2. The van der Waals surface area contributed by atoms with E-state index in [9.17, 15) is 4.39 Å². The van der Waals surface area contributed by atoms with E-state index in [1.54, 1.807) is 0 Å². The minimum atomic E-state index is -0.174. The summed E-state index contributed by atoms with van der Waals surface area (Å²) in [6.45, 7) is 7.39. The molecule has 0 radical (unpaired) electrons. The first kappa shape index (κ1) is 21.0. The second-order valence-corrected chi connectivity index (χ2v) is 10.1. The highest BCUT2D eigenvalue weighted by Crippen LogP contribution is 2.58. The Morgan fingerprint density at radius 1 is 0.968 bits per heavy atom. The van der Waals surface area contributed by atoms with Gasteiger partial charge in [0.15, 0.2) is 0 Å². The highest BCUT2D eigenvalue weighted by Gasteiger charge is 2.45. The van der Waals surface area contributed by atoms with Crippen LogP contribution in [0.25, 0.3) is 5.57 Å². The first-order chi connectivity index (χ1) is 15.0. The van der Waals surface area contributed by atoms with Crippen LogP contribution in [0.3, 0.4) is 0 Å². The van der Waals surface area contributed by atoms with Crippen LogP contribution in [0.4, 0.5) is 10.1 Å². The summed E-state index contributed by atoms with van der Waals surface area (Å²) >= 11 is 6.02. The first-order valence-corrected chi connectivity index (χ1v) is 12.2. The molecule has 164 valence electrons. The van der Waals surface area contributed by atoms with Crippen molar-refractivity contribution in [3.63, 3.8) is 0 Å². The van der Waals surface area contributed by atoms with Crippen molar-refractivity contribution in [2.24, 2.45) is 5.41 Å². The van der Waals surface area contributed by atoms with Crippen molar-refractivity contribution in [2.75, 3.05) is 37.6 Å². The Balaban J connectivity index is 1.30. The molecule has 2 aliphatic carbocycles. The highest BCUT2D eigenvalue weighted by molar-refractivity contribution is 6.30. The maximum Gasteiger partial charge on any atom is 0.132 e. The summed E-state index contributed by atoms with van der Waals surface area (Å²) in [6.07, 6.45) is 7.11. The second-order valence-electron chi connectivity index (χ2n) is 9.67. The summed E-state index contributed by atoms with van der Waals surface area (Å²) in [5, 5.41) is 0.473. The predicted molar refractivity (Wildman–Crippen MR) is 128 cm³/mol. The number of hydrogen-bond acceptors (Lipinski definition) is 2. The van der Waals surface area contributed by atoms with Crippen molar-refractivity contribution < 1.29 is 4.39 Å². The molecule has 3 aliphatic rings. The zero-order valence-corrected chi connectivity index (χ0v) is 19.2. The molecular formula is C27H32ClFN2. The Morgan fingerprint density at radius 3 is 2.35 bits per heavy atom. The van der Waals surface area contributed by atoms with E-state index >= 15 is 0 Å². The van der Waals surface area contributed by atoms with Crippen LogP contribution < -0.4 is 4.90 Å². The van der Waals surface area contributed by atoms with Gasteiger partial charge in [-0.25, -0.2) is 4.39 Å². The number of anilines is 1. The van der Waals surface area contributed by atoms with Crippen LogP contribution in [0.5, 0.6) is 0 Å². The molecule has 1 aliphatic heterocycles. The fourth-order valence-corrected chi connectivity index (χ4v) is 5.56. The number of rotatable bonds is 5. The number of allylic oxidation sites excluding steroid dienone is 1. The third-order valence-corrected chi connectivity index (χ3v) is 7.87. The van der Waals surface area contributed by atoms with Crippen LogP contribution in [0, 0.1) is 11.2 Å². The predicted octanol–water partition coefficient (Wildman–Crippen LogP) is 6.58. The number of piperazine rings is 1. The highest BCUT2D eigenvalue weighted by atomic mass is 35.5. The number of nitrogens with zero attached hydrogens (tertiary/aromatic N) is 2. The molecule has 0 unspecified atom stereocenters. The van der Waals surface area contributed by atoms with E-state index in [1.807, 2.05) is 12.1 Å². The van der Waals surface area contributed by atoms with Gasteiger partial charge in [0.2, 0.25) is 0 Å². The molecule has 31 heavy (non-hydrogen) atoms. The third kappa shape index (κ3) is 4.54. The molecule has 0 aromatic heterocycles. The van der Waals surface area contributed by atoms with E-state index in [0.29, 0.717) is 10.4 Å². The lowest BCUT2D eigenvalue weighted by Crippen LogP contribution is -2.47. The van der Waals surface area contributed by atoms with Crippen molar-refractivity contribution >= 4 is 22.9 Å². The van der Waals surface area contributed by atoms with Gasteiger partial charge in [0.05, 0.1) is 0 Å². The van der Waals surface area contributed by atoms with E-state index in [4.69, 9.17) is 11.6 Å². The topological polar surface area (TPSA) is 6.48 Å². The minimum absolute atomic E-state index is 0.174. The molecule has 1 spiro atoms. The molecule has 1 saturated heterocycles. The largest absolute Gasteiger partial charge is 0.369 e. The molecule has 5 rings (SSSR count). The Labute approximate surface area is 190 Å². The molecule has 0 N–H and O–H groups in total. The molecular weight excluding hydrogens is 407 g/mol. The van der Waals surface area contributed by atoms with Gasteiger partial charge in [-0.1, -0.05) is 42.3 Å². The van der Waals surface area contributed by atoms with Crippen LogP contribution >= 0.6 is 11.6 Å². The van der Waals surface area contributed by atoms with E-state index in [0.717, 1.165) is 57.5 Å². The lowest BCUT2D eigenvalue weighted by Gasteiger charge is -2.38. The fraction of sp³-hybridized carbons (Fsp3) is 0.481.